The van der Waals surface area contributed by atoms with Gasteiger partial charge in [-0.1, -0.05) is 18.2 Å². The number of aromatic nitrogens is 2. The highest BCUT2D eigenvalue weighted by atomic mass is 32.2. The van der Waals surface area contributed by atoms with E-state index in [-0.39, 0.29) is 0 Å². The quantitative estimate of drug-likeness (QED) is 0.745. The molecule has 1 aromatic carbocycles. The molecule has 0 amide bonds. The summed E-state index contributed by atoms with van der Waals surface area (Å²) in [6, 6.07) is 8.40. The van der Waals surface area contributed by atoms with E-state index < -0.39 is 9.84 Å². The first kappa shape index (κ1) is 20.4. The predicted molar refractivity (Wildman–Crippen MR) is 113 cm³/mol. The van der Waals surface area contributed by atoms with E-state index in [1.165, 1.54) is 30.9 Å². The lowest BCUT2D eigenvalue weighted by Gasteiger charge is -2.33. The average Bonchev–Trinajstić information content (AvgIpc) is 3.35. The van der Waals surface area contributed by atoms with E-state index in [4.69, 9.17) is 4.74 Å². The van der Waals surface area contributed by atoms with Gasteiger partial charge in [0.15, 0.2) is 9.84 Å². The lowest BCUT2D eigenvalue weighted by Crippen LogP contribution is -2.36. The molecule has 2 aromatic rings. The van der Waals surface area contributed by atoms with Gasteiger partial charge in [0.05, 0.1) is 18.0 Å². The van der Waals surface area contributed by atoms with E-state index in [2.05, 4.69) is 39.4 Å². The van der Waals surface area contributed by atoms with Crippen molar-refractivity contribution in [3.63, 3.8) is 0 Å². The molecule has 1 atom stereocenters. The highest BCUT2D eigenvalue weighted by Crippen LogP contribution is 2.29. The lowest BCUT2D eigenvalue weighted by atomic mass is 9.93. The predicted octanol–water partition coefficient (Wildman–Crippen LogP) is 3.59. The first-order valence-electron chi connectivity index (χ1n) is 10.7. The van der Waals surface area contributed by atoms with Gasteiger partial charge >= 0.3 is 0 Å². The topological polar surface area (TPSA) is 75.3 Å². The molecule has 7 heteroatoms. The zero-order chi connectivity index (χ0) is 20.3. The molecular formula is C22H31N3O3S. The van der Waals surface area contributed by atoms with Crippen LogP contribution in [0.5, 0.6) is 5.75 Å². The molecule has 4 rings (SSSR count). The van der Waals surface area contributed by atoms with Crippen molar-refractivity contribution >= 4 is 9.84 Å². The van der Waals surface area contributed by atoms with Crippen LogP contribution in [0.3, 0.4) is 0 Å². The van der Waals surface area contributed by atoms with Gasteiger partial charge in [-0.25, -0.2) is 8.42 Å². The number of hydrogen-bond donors (Lipinski definition) is 1. The van der Waals surface area contributed by atoms with Crippen molar-refractivity contribution in [2.45, 2.75) is 62.5 Å². The molecule has 2 heterocycles. The molecule has 2 aliphatic rings. The Morgan fingerprint density at radius 1 is 1.17 bits per heavy atom. The largest absolute Gasteiger partial charge is 0.490 e. The van der Waals surface area contributed by atoms with Gasteiger partial charge in [0.25, 0.3) is 0 Å². The summed E-state index contributed by atoms with van der Waals surface area (Å²) in [6.45, 7) is 2.90. The van der Waals surface area contributed by atoms with Gasteiger partial charge < -0.3 is 4.74 Å². The highest BCUT2D eigenvalue weighted by Gasteiger charge is 2.25. The second-order valence-electron chi connectivity index (χ2n) is 8.56. The molecule has 158 valence electrons. The Kier molecular flexibility index (Phi) is 6.25. The fourth-order valence-electron chi connectivity index (χ4n) is 4.69. The van der Waals surface area contributed by atoms with Gasteiger partial charge in [0.1, 0.15) is 10.6 Å². The van der Waals surface area contributed by atoms with E-state index in [0.717, 1.165) is 63.2 Å². The number of benzene rings is 1. The first-order valence-corrected chi connectivity index (χ1v) is 12.6. The second-order valence-corrected chi connectivity index (χ2v) is 10.5. The third kappa shape index (κ3) is 5.20. The minimum atomic E-state index is -3.24. The van der Waals surface area contributed by atoms with Crippen molar-refractivity contribution in [1.82, 2.24) is 15.1 Å². The van der Waals surface area contributed by atoms with Crippen LogP contribution in [0, 0.1) is 5.92 Å². The Morgan fingerprint density at radius 2 is 1.97 bits per heavy atom. The number of aromatic amines is 1. The maximum Gasteiger partial charge on any atom is 0.178 e. The van der Waals surface area contributed by atoms with Gasteiger partial charge in [-0.3, -0.25) is 10.00 Å². The molecule has 2 fully saturated rings. The monoisotopic (exact) mass is 417 g/mol. The van der Waals surface area contributed by atoms with Crippen molar-refractivity contribution in [3.05, 3.63) is 41.7 Å². The van der Waals surface area contributed by atoms with Gasteiger partial charge in [-0.2, -0.15) is 5.10 Å². The van der Waals surface area contributed by atoms with E-state index in [0.29, 0.717) is 16.9 Å². The molecule has 1 saturated heterocycles. The van der Waals surface area contributed by atoms with Gasteiger partial charge in [0.2, 0.25) is 0 Å². The molecule has 0 unspecified atom stereocenters. The van der Waals surface area contributed by atoms with Gasteiger partial charge in [0, 0.05) is 24.9 Å². The minimum absolute atomic E-state index is 0.338. The maximum absolute atomic E-state index is 12.0. The Hall–Kier alpha value is -1.86. The van der Waals surface area contributed by atoms with Crippen LogP contribution in [-0.4, -0.2) is 49.0 Å². The summed E-state index contributed by atoms with van der Waals surface area (Å²) in [7, 11) is -3.24. The summed E-state index contributed by atoms with van der Waals surface area (Å²) in [5, 5.41) is 6.87. The van der Waals surface area contributed by atoms with Crippen LogP contribution >= 0.6 is 0 Å². The SMILES string of the molecule is CS(=O)(=O)c1cn[nH]c1C[C@H]1CCCN(Cc2ccccc2OC2CCCC2)C1. The average molecular weight is 418 g/mol. The normalized spacial score (nSPS) is 21.5. The highest BCUT2D eigenvalue weighted by molar-refractivity contribution is 7.90. The number of likely N-dealkylation sites (tertiary alicyclic amines) is 1. The van der Waals surface area contributed by atoms with Crippen LogP contribution in [0.4, 0.5) is 0 Å². The third-order valence-corrected chi connectivity index (χ3v) is 7.29. The molecule has 0 spiro atoms. The number of hydrogen-bond acceptors (Lipinski definition) is 5. The van der Waals surface area contributed by atoms with Gasteiger partial charge in [-0.05, 0) is 63.5 Å². The van der Waals surface area contributed by atoms with Crippen molar-refractivity contribution in [2.75, 3.05) is 19.3 Å². The summed E-state index contributed by atoms with van der Waals surface area (Å²) in [6.07, 6.45) is 10.8. The van der Waals surface area contributed by atoms with Crippen LogP contribution in [0.1, 0.15) is 49.8 Å². The smallest absolute Gasteiger partial charge is 0.178 e. The number of nitrogens with zero attached hydrogens (tertiary/aromatic N) is 2. The van der Waals surface area contributed by atoms with Crippen molar-refractivity contribution in [1.29, 1.82) is 0 Å². The number of H-pyrrole nitrogens is 1. The fourth-order valence-corrected chi connectivity index (χ4v) is 5.51. The summed E-state index contributed by atoms with van der Waals surface area (Å²) in [5.41, 5.74) is 1.99. The standard InChI is InChI=1S/C22H31N3O3S/c1-29(26,27)22-14-23-24-20(22)13-17-7-6-12-25(15-17)16-18-8-2-5-11-21(18)28-19-9-3-4-10-19/h2,5,8,11,14,17,19H,3-4,6-7,9-10,12-13,15-16H2,1H3,(H,23,24)/t17-/m1/s1. The second kappa shape index (κ2) is 8.88. The van der Waals surface area contributed by atoms with Crippen LogP contribution in [0.2, 0.25) is 0 Å². The van der Waals surface area contributed by atoms with E-state index >= 15 is 0 Å². The van der Waals surface area contributed by atoms with Gasteiger partial charge in [-0.15, -0.1) is 0 Å². The van der Waals surface area contributed by atoms with E-state index in [9.17, 15) is 8.42 Å². The number of ether oxygens (including phenoxy) is 1. The molecule has 0 bridgehead atoms. The summed E-state index contributed by atoms with van der Waals surface area (Å²) < 4.78 is 30.2. The molecule has 1 saturated carbocycles. The summed E-state index contributed by atoms with van der Waals surface area (Å²) in [4.78, 5) is 2.81. The fraction of sp³-hybridized carbons (Fsp3) is 0.591. The van der Waals surface area contributed by atoms with Crippen LogP contribution in [0.15, 0.2) is 35.4 Å². The van der Waals surface area contributed by atoms with E-state index in [1.807, 2.05) is 0 Å². The Balaban J connectivity index is 1.40. The Morgan fingerprint density at radius 3 is 2.76 bits per heavy atom. The molecule has 1 aliphatic heterocycles. The van der Waals surface area contributed by atoms with E-state index in [1.54, 1.807) is 0 Å². The Labute approximate surface area is 173 Å². The summed E-state index contributed by atoms with van der Waals surface area (Å²) >= 11 is 0. The molecule has 6 nitrogen and oxygen atoms in total. The minimum Gasteiger partial charge on any atom is -0.490 e. The Bertz CT molecular complexity index is 919. The van der Waals surface area contributed by atoms with Crippen molar-refractivity contribution in [2.24, 2.45) is 5.92 Å². The summed E-state index contributed by atoms with van der Waals surface area (Å²) in [5.74, 6) is 1.45. The molecular weight excluding hydrogens is 386 g/mol. The molecule has 0 radical (unpaired) electrons. The molecule has 1 N–H and O–H groups in total. The lowest BCUT2D eigenvalue weighted by molar-refractivity contribution is 0.159. The number of nitrogens with one attached hydrogen (secondary N) is 1. The molecule has 29 heavy (non-hydrogen) atoms. The van der Waals surface area contributed by atoms with Crippen LogP contribution in [0.25, 0.3) is 0 Å². The number of piperidine rings is 1. The molecule has 1 aliphatic carbocycles. The van der Waals surface area contributed by atoms with Crippen molar-refractivity contribution < 1.29 is 13.2 Å². The number of sulfone groups is 1. The number of rotatable bonds is 7. The van der Waals surface area contributed by atoms with Crippen molar-refractivity contribution in [3.8, 4) is 5.75 Å². The zero-order valence-electron chi connectivity index (χ0n) is 17.1. The first-order chi connectivity index (χ1) is 14.0. The third-order valence-electron chi connectivity index (χ3n) is 6.14. The van der Waals surface area contributed by atoms with Crippen LogP contribution < -0.4 is 4.74 Å². The van der Waals surface area contributed by atoms with Crippen LogP contribution in [-0.2, 0) is 22.8 Å². The zero-order valence-corrected chi connectivity index (χ0v) is 18.0. The maximum atomic E-state index is 12.0. The molecule has 1 aromatic heterocycles. The number of para-hydroxylation sites is 1.